The van der Waals surface area contributed by atoms with Crippen molar-refractivity contribution in [3.63, 3.8) is 0 Å². The van der Waals surface area contributed by atoms with Gasteiger partial charge < -0.3 is 10.1 Å². The van der Waals surface area contributed by atoms with Crippen molar-refractivity contribution in [2.75, 3.05) is 5.32 Å². The molecule has 0 aliphatic heterocycles. The molecule has 29 heavy (non-hydrogen) atoms. The van der Waals surface area contributed by atoms with Gasteiger partial charge in [-0.1, -0.05) is 41.4 Å². The van der Waals surface area contributed by atoms with E-state index in [-0.39, 0.29) is 6.42 Å². The molecule has 3 rings (SSSR count). The topological polar surface area (TPSA) is 73.2 Å². The van der Waals surface area contributed by atoms with Gasteiger partial charge in [-0.15, -0.1) is 0 Å². The maximum Gasteiger partial charge on any atom is 0.306 e. The molecule has 1 unspecified atom stereocenters. The SMILES string of the molecule is CC(OC(=O)CCc1cnn(-c2ccccc2)c1)C(=O)Nc1cc(Cl)ccc1Cl. The molecule has 1 amide bonds. The molecular weight excluding hydrogens is 413 g/mol. The summed E-state index contributed by atoms with van der Waals surface area (Å²) in [6.45, 7) is 1.50. The van der Waals surface area contributed by atoms with Crippen molar-refractivity contribution in [1.29, 1.82) is 0 Å². The molecule has 2 aromatic carbocycles. The van der Waals surface area contributed by atoms with Gasteiger partial charge >= 0.3 is 5.97 Å². The fourth-order valence-corrected chi connectivity index (χ4v) is 2.93. The molecule has 8 heteroatoms. The zero-order valence-electron chi connectivity index (χ0n) is 15.6. The smallest absolute Gasteiger partial charge is 0.306 e. The minimum absolute atomic E-state index is 0.135. The number of carbonyl (C=O) groups is 2. The number of carbonyl (C=O) groups excluding carboxylic acids is 2. The van der Waals surface area contributed by atoms with Gasteiger partial charge in [0.15, 0.2) is 6.10 Å². The van der Waals surface area contributed by atoms with E-state index >= 15 is 0 Å². The Kier molecular flexibility index (Phi) is 6.90. The van der Waals surface area contributed by atoms with Crippen LogP contribution in [0.15, 0.2) is 60.9 Å². The van der Waals surface area contributed by atoms with Crippen LogP contribution in [0.2, 0.25) is 10.0 Å². The van der Waals surface area contributed by atoms with E-state index in [0.717, 1.165) is 11.3 Å². The van der Waals surface area contributed by atoms with Crippen LogP contribution < -0.4 is 5.32 Å². The first kappa shape index (κ1) is 20.9. The van der Waals surface area contributed by atoms with Crippen LogP contribution in [0.1, 0.15) is 18.9 Å². The van der Waals surface area contributed by atoms with Crippen LogP contribution in [0.5, 0.6) is 0 Å². The summed E-state index contributed by atoms with van der Waals surface area (Å²) in [6.07, 6.45) is 3.19. The van der Waals surface area contributed by atoms with E-state index < -0.39 is 18.0 Å². The van der Waals surface area contributed by atoms with Crippen molar-refractivity contribution in [1.82, 2.24) is 9.78 Å². The third-order valence-corrected chi connectivity index (χ3v) is 4.70. The predicted octanol–water partition coefficient (Wildman–Crippen LogP) is 4.68. The van der Waals surface area contributed by atoms with Gasteiger partial charge in [0.2, 0.25) is 0 Å². The highest BCUT2D eigenvalue weighted by atomic mass is 35.5. The van der Waals surface area contributed by atoms with Crippen LogP contribution in [-0.2, 0) is 20.7 Å². The number of nitrogens with one attached hydrogen (secondary N) is 1. The van der Waals surface area contributed by atoms with Crippen molar-refractivity contribution in [3.05, 3.63) is 76.5 Å². The van der Waals surface area contributed by atoms with Crippen LogP contribution in [0.4, 0.5) is 5.69 Å². The molecule has 1 atom stereocenters. The first-order valence-corrected chi connectivity index (χ1v) is 9.72. The molecule has 6 nitrogen and oxygen atoms in total. The average Bonchev–Trinajstić information content (AvgIpc) is 3.19. The molecule has 0 aliphatic rings. The van der Waals surface area contributed by atoms with Crippen LogP contribution in [-0.4, -0.2) is 27.8 Å². The summed E-state index contributed by atoms with van der Waals surface area (Å²) >= 11 is 11.9. The largest absolute Gasteiger partial charge is 0.453 e. The summed E-state index contributed by atoms with van der Waals surface area (Å²) in [5.74, 6) is -0.961. The molecule has 1 N–H and O–H groups in total. The zero-order valence-corrected chi connectivity index (χ0v) is 17.2. The first-order valence-electron chi connectivity index (χ1n) is 8.97. The maximum atomic E-state index is 12.2. The van der Waals surface area contributed by atoms with Gasteiger partial charge in [0.1, 0.15) is 0 Å². The number of halogens is 2. The van der Waals surface area contributed by atoms with Crippen molar-refractivity contribution < 1.29 is 14.3 Å². The van der Waals surface area contributed by atoms with Crippen molar-refractivity contribution in [2.45, 2.75) is 25.9 Å². The lowest BCUT2D eigenvalue weighted by Gasteiger charge is -2.14. The van der Waals surface area contributed by atoms with Crippen LogP contribution in [0.3, 0.4) is 0 Å². The van der Waals surface area contributed by atoms with Gasteiger partial charge in [-0.25, -0.2) is 4.68 Å². The van der Waals surface area contributed by atoms with E-state index in [4.69, 9.17) is 27.9 Å². The monoisotopic (exact) mass is 431 g/mol. The van der Waals surface area contributed by atoms with Gasteiger partial charge in [0.05, 0.1) is 22.6 Å². The fraction of sp³-hybridized carbons (Fsp3) is 0.190. The van der Waals surface area contributed by atoms with E-state index in [1.165, 1.54) is 13.0 Å². The number of esters is 1. The Morgan fingerprint density at radius 1 is 1.17 bits per heavy atom. The Morgan fingerprint density at radius 2 is 1.93 bits per heavy atom. The molecule has 0 radical (unpaired) electrons. The van der Waals surface area contributed by atoms with Crippen LogP contribution >= 0.6 is 23.2 Å². The van der Waals surface area contributed by atoms with Crippen LogP contribution in [0, 0.1) is 0 Å². The lowest BCUT2D eigenvalue weighted by atomic mass is 10.2. The number of amides is 1. The number of hydrogen-bond acceptors (Lipinski definition) is 4. The minimum atomic E-state index is -0.968. The van der Waals surface area contributed by atoms with Crippen molar-refractivity contribution >= 4 is 40.8 Å². The van der Waals surface area contributed by atoms with Gasteiger partial charge in [-0.05, 0) is 49.2 Å². The van der Waals surface area contributed by atoms with Crippen molar-refractivity contribution in [3.8, 4) is 5.69 Å². The van der Waals surface area contributed by atoms with E-state index in [1.807, 2.05) is 36.5 Å². The molecule has 0 aliphatic carbocycles. The van der Waals surface area contributed by atoms with Gasteiger partial charge in [-0.2, -0.15) is 5.10 Å². The zero-order chi connectivity index (χ0) is 20.8. The molecule has 0 saturated heterocycles. The Labute approximate surface area is 178 Å². The molecule has 0 bridgehead atoms. The molecule has 0 saturated carbocycles. The number of rotatable bonds is 7. The van der Waals surface area contributed by atoms with E-state index in [2.05, 4.69) is 10.4 Å². The highest BCUT2D eigenvalue weighted by Gasteiger charge is 2.19. The van der Waals surface area contributed by atoms with Crippen molar-refractivity contribution in [2.24, 2.45) is 0 Å². The fourth-order valence-electron chi connectivity index (χ4n) is 2.59. The number of hydrogen-bond donors (Lipinski definition) is 1. The lowest BCUT2D eigenvalue weighted by Crippen LogP contribution is -2.30. The summed E-state index contributed by atoms with van der Waals surface area (Å²) in [6, 6.07) is 14.4. The van der Waals surface area contributed by atoms with E-state index in [1.54, 1.807) is 23.0 Å². The number of para-hydroxylation sites is 1. The predicted molar refractivity (Wildman–Crippen MR) is 113 cm³/mol. The molecule has 0 fully saturated rings. The van der Waals surface area contributed by atoms with Gasteiger partial charge in [0, 0.05) is 17.6 Å². The molecule has 3 aromatic rings. The summed E-state index contributed by atoms with van der Waals surface area (Å²) in [5.41, 5.74) is 2.19. The molecule has 1 aromatic heterocycles. The molecule has 0 spiro atoms. The highest BCUT2D eigenvalue weighted by molar-refractivity contribution is 6.35. The second-order valence-corrected chi connectivity index (χ2v) is 7.22. The Morgan fingerprint density at radius 3 is 2.69 bits per heavy atom. The average molecular weight is 432 g/mol. The van der Waals surface area contributed by atoms with Crippen LogP contribution in [0.25, 0.3) is 5.69 Å². The summed E-state index contributed by atoms with van der Waals surface area (Å²) in [7, 11) is 0. The third kappa shape index (κ3) is 5.82. The number of benzene rings is 2. The Bertz CT molecular complexity index is 1010. The number of nitrogens with zero attached hydrogens (tertiary/aromatic N) is 2. The summed E-state index contributed by atoms with van der Waals surface area (Å²) in [5, 5.41) is 7.68. The maximum absolute atomic E-state index is 12.2. The second kappa shape index (κ2) is 9.58. The Balaban J connectivity index is 1.49. The molecular formula is C21H19Cl2N3O3. The lowest BCUT2D eigenvalue weighted by molar-refractivity contribution is -0.153. The van der Waals surface area contributed by atoms with E-state index in [9.17, 15) is 9.59 Å². The number of aromatic nitrogens is 2. The van der Waals surface area contributed by atoms with Gasteiger partial charge in [-0.3, -0.25) is 9.59 Å². The number of aryl methyl sites for hydroxylation is 1. The highest BCUT2D eigenvalue weighted by Crippen LogP contribution is 2.25. The second-order valence-electron chi connectivity index (χ2n) is 6.37. The minimum Gasteiger partial charge on any atom is -0.453 e. The standard InChI is InChI=1S/C21H19Cl2N3O3/c1-14(21(28)25-19-11-16(22)8-9-18(19)23)29-20(27)10-7-15-12-24-26(13-15)17-5-3-2-4-6-17/h2-6,8-9,11-14H,7,10H2,1H3,(H,25,28). The van der Waals surface area contributed by atoms with Gasteiger partial charge in [0.25, 0.3) is 5.91 Å². The summed E-state index contributed by atoms with van der Waals surface area (Å²) < 4.78 is 6.95. The quantitative estimate of drug-likeness (QED) is 0.551. The summed E-state index contributed by atoms with van der Waals surface area (Å²) in [4.78, 5) is 24.3. The third-order valence-electron chi connectivity index (χ3n) is 4.14. The molecule has 150 valence electrons. The Hall–Kier alpha value is -2.83. The van der Waals surface area contributed by atoms with E-state index in [0.29, 0.717) is 22.2 Å². The number of anilines is 1. The molecule has 1 heterocycles. The number of ether oxygens (including phenoxy) is 1. The normalized spacial score (nSPS) is 11.7. The first-order chi connectivity index (χ1) is 13.9.